The van der Waals surface area contributed by atoms with Crippen molar-refractivity contribution < 1.29 is 28.6 Å². The number of amides is 3. The molecule has 0 saturated heterocycles. The standard InChI is InChI=1S/C29H31IN4O6/c1-4-14-39-23-12-10-22(11-13-23)33-28(36)29(37)34-31-17-20-15-24(30)27(25(16-20)38-3)40-18-26(35)32-21-8-6-19(5-2)7-9-21/h6-13,15-17H,4-5,14,18H2,1-3H3,(H,32,35)(H,33,36)(H,34,37)/b31-17-. The van der Waals surface area contributed by atoms with Gasteiger partial charge in [0.1, 0.15) is 5.75 Å². The van der Waals surface area contributed by atoms with Crippen LogP contribution in [0.1, 0.15) is 31.4 Å². The number of nitrogens with one attached hydrogen (secondary N) is 3. The van der Waals surface area contributed by atoms with Crippen molar-refractivity contribution in [2.75, 3.05) is 31.0 Å². The zero-order chi connectivity index (χ0) is 28.9. The van der Waals surface area contributed by atoms with E-state index in [0.717, 1.165) is 12.8 Å². The molecule has 0 heterocycles. The molecule has 0 bridgehead atoms. The summed E-state index contributed by atoms with van der Waals surface area (Å²) in [6.07, 6.45) is 3.17. The molecule has 3 aromatic carbocycles. The average Bonchev–Trinajstić information content (AvgIpc) is 2.96. The van der Waals surface area contributed by atoms with Gasteiger partial charge in [0, 0.05) is 11.4 Å². The Morgan fingerprint density at radius 2 is 1.57 bits per heavy atom. The summed E-state index contributed by atoms with van der Waals surface area (Å²) in [6, 6.07) is 17.7. The van der Waals surface area contributed by atoms with Crippen LogP contribution < -0.4 is 30.3 Å². The van der Waals surface area contributed by atoms with Crippen LogP contribution in [-0.2, 0) is 20.8 Å². The SMILES string of the molecule is CCCOc1ccc(NC(=O)C(=O)N/N=C\c2cc(I)c(OCC(=O)Nc3ccc(CC)cc3)c(OC)c2)cc1. The number of ether oxygens (including phenoxy) is 3. The van der Waals surface area contributed by atoms with Crippen LogP contribution in [0.5, 0.6) is 17.2 Å². The van der Waals surface area contributed by atoms with Crippen LogP contribution in [0.3, 0.4) is 0 Å². The third-order valence-electron chi connectivity index (χ3n) is 5.42. The van der Waals surface area contributed by atoms with E-state index in [4.69, 9.17) is 14.2 Å². The van der Waals surface area contributed by atoms with Gasteiger partial charge in [-0.1, -0.05) is 26.0 Å². The van der Waals surface area contributed by atoms with Crippen molar-refractivity contribution in [2.45, 2.75) is 26.7 Å². The molecule has 210 valence electrons. The Bertz CT molecular complexity index is 1340. The Balaban J connectivity index is 1.53. The van der Waals surface area contributed by atoms with Crippen molar-refractivity contribution in [2.24, 2.45) is 5.10 Å². The molecule has 0 unspecified atom stereocenters. The number of hydrogen-bond acceptors (Lipinski definition) is 7. The number of benzene rings is 3. The Hall–Kier alpha value is -4.13. The first-order valence-electron chi connectivity index (χ1n) is 12.6. The van der Waals surface area contributed by atoms with E-state index in [9.17, 15) is 14.4 Å². The van der Waals surface area contributed by atoms with E-state index < -0.39 is 11.8 Å². The quantitative estimate of drug-likeness (QED) is 0.112. The zero-order valence-corrected chi connectivity index (χ0v) is 24.6. The second-order valence-corrected chi connectivity index (χ2v) is 9.61. The highest BCUT2D eigenvalue weighted by Gasteiger charge is 2.15. The molecule has 0 aliphatic carbocycles. The fraction of sp³-hybridized carbons (Fsp3) is 0.241. The molecule has 0 atom stereocenters. The molecule has 10 nitrogen and oxygen atoms in total. The van der Waals surface area contributed by atoms with Gasteiger partial charge in [-0.15, -0.1) is 0 Å². The minimum Gasteiger partial charge on any atom is -0.494 e. The van der Waals surface area contributed by atoms with Crippen LogP contribution in [-0.4, -0.2) is 44.3 Å². The number of halogens is 1. The van der Waals surface area contributed by atoms with E-state index in [2.05, 4.69) is 50.7 Å². The predicted molar refractivity (Wildman–Crippen MR) is 162 cm³/mol. The van der Waals surface area contributed by atoms with Gasteiger partial charge in [-0.2, -0.15) is 5.10 Å². The highest BCUT2D eigenvalue weighted by Crippen LogP contribution is 2.33. The summed E-state index contributed by atoms with van der Waals surface area (Å²) < 4.78 is 17.3. The van der Waals surface area contributed by atoms with Crippen LogP contribution >= 0.6 is 22.6 Å². The fourth-order valence-corrected chi connectivity index (χ4v) is 4.15. The molecule has 0 fully saturated rings. The van der Waals surface area contributed by atoms with Crippen molar-refractivity contribution in [3.63, 3.8) is 0 Å². The van der Waals surface area contributed by atoms with Crippen molar-refractivity contribution in [3.8, 4) is 17.2 Å². The topological polar surface area (TPSA) is 127 Å². The molecule has 3 aromatic rings. The minimum absolute atomic E-state index is 0.213. The number of carbonyl (C=O) groups excluding carboxylic acids is 3. The summed E-state index contributed by atoms with van der Waals surface area (Å²) in [7, 11) is 1.48. The van der Waals surface area contributed by atoms with Gasteiger partial charge in [-0.3, -0.25) is 14.4 Å². The number of aryl methyl sites for hydroxylation is 1. The number of hydrazone groups is 1. The lowest BCUT2D eigenvalue weighted by molar-refractivity contribution is -0.136. The molecular formula is C29H31IN4O6. The molecule has 0 aromatic heterocycles. The van der Waals surface area contributed by atoms with Gasteiger partial charge in [-0.25, -0.2) is 5.43 Å². The summed E-state index contributed by atoms with van der Waals surface area (Å²) in [6.45, 7) is 4.45. The molecule has 0 saturated carbocycles. The third kappa shape index (κ3) is 9.26. The molecule has 0 radical (unpaired) electrons. The van der Waals surface area contributed by atoms with Gasteiger partial charge in [0.05, 0.1) is 23.5 Å². The van der Waals surface area contributed by atoms with E-state index in [1.807, 2.05) is 31.2 Å². The molecule has 11 heteroatoms. The maximum Gasteiger partial charge on any atom is 0.329 e. The molecule has 3 rings (SSSR count). The van der Waals surface area contributed by atoms with Gasteiger partial charge in [-0.05, 0) is 95.1 Å². The number of methoxy groups -OCH3 is 1. The number of nitrogens with zero attached hydrogens (tertiary/aromatic N) is 1. The van der Waals surface area contributed by atoms with Crippen LogP contribution in [0.15, 0.2) is 65.8 Å². The van der Waals surface area contributed by atoms with E-state index in [1.54, 1.807) is 36.4 Å². The highest BCUT2D eigenvalue weighted by atomic mass is 127. The zero-order valence-electron chi connectivity index (χ0n) is 22.5. The largest absolute Gasteiger partial charge is 0.494 e. The Morgan fingerprint density at radius 1 is 0.900 bits per heavy atom. The smallest absolute Gasteiger partial charge is 0.329 e. The molecule has 0 aliphatic rings. The van der Waals surface area contributed by atoms with Gasteiger partial charge in [0.15, 0.2) is 18.1 Å². The molecule has 40 heavy (non-hydrogen) atoms. The Labute approximate surface area is 246 Å². The van der Waals surface area contributed by atoms with Crippen LogP contribution in [0.4, 0.5) is 11.4 Å². The maximum atomic E-state index is 12.4. The van der Waals surface area contributed by atoms with Crippen molar-refractivity contribution in [1.82, 2.24) is 5.43 Å². The summed E-state index contributed by atoms with van der Waals surface area (Å²) in [5.41, 5.74) is 5.09. The Kier molecular flexibility index (Phi) is 11.8. The second-order valence-electron chi connectivity index (χ2n) is 8.45. The number of hydrogen-bond donors (Lipinski definition) is 3. The van der Waals surface area contributed by atoms with E-state index in [1.165, 1.54) is 18.9 Å². The first-order chi connectivity index (χ1) is 19.3. The average molecular weight is 658 g/mol. The van der Waals surface area contributed by atoms with E-state index in [-0.39, 0.29) is 12.5 Å². The Morgan fingerprint density at radius 3 is 2.23 bits per heavy atom. The minimum atomic E-state index is -0.931. The van der Waals surface area contributed by atoms with Crippen LogP contribution in [0, 0.1) is 3.57 Å². The monoisotopic (exact) mass is 658 g/mol. The predicted octanol–water partition coefficient (Wildman–Crippen LogP) is 4.76. The summed E-state index contributed by atoms with van der Waals surface area (Å²) in [4.78, 5) is 36.7. The van der Waals surface area contributed by atoms with E-state index in [0.29, 0.717) is 44.4 Å². The lowest BCUT2D eigenvalue weighted by atomic mass is 10.1. The highest BCUT2D eigenvalue weighted by molar-refractivity contribution is 14.1. The van der Waals surface area contributed by atoms with Gasteiger partial charge < -0.3 is 24.8 Å². The molecule has 0 aliphatic heterocycles. The maximum absolute atomic E-state index is 12.4. The molecule has 3 amide bonds. The fourth-order valence-electron chi connectivity index (χ4n) is 3.37. The van der Waals surface area contributed by atoms with Gasteiger partial charge >= 0.3 is 11.8 Å². The summed E-state index contributed by atoms with van der Waals surface area (Å²) in [5.74, 6) is -0.657. The molecule has 3 N–H and O–H groups in total. The van der Waals surface area contributed by atoms with Gasteiger partial charge in [0.25, 0.3) is 5.91 Å². The number of rotatable bonds is 12. The third-order valence-corrected chi connectivity index (χ3v) is 6.22. The normalized spacial score (nSPS) is 10.6. The first kappa shape index (κ1) is 30.4. The van der Waals surface area contributed by atoms with E-state index >= 15 is 0 Å². The second kappa shape index (κ2) is 15.5. The lowest BCUT2D eigenvalue weighted by Gasteiger charge is -2.13. The number of anilines is 2. The van der Waals surface area contributed by atoms with Crippen LogP contribution in [0.2, 0.25) is 0 Å². The number of carbonyl (C=O) groups is 3. The van der Waals surface area contributed by atoms with Crippen molar-refractivity contribution in [1.29, 1.82) is 0 Å². The lowest BCUT2D eigenvalue weighted by Crippen LogP contribution is -2.32. The van der Waals surface area contributed by atoms with Crippen molar-refractivity contribution >= 4 is 57.9 Å². The summed E-state index contributed by atoms with van der Waals surface area (Å²) >= 11 is 2.05. The molecular weight excluding hydrogens is 627 g/mol. The van der Waals surface area contributed by atoms with Gasteiger partial charge in [0.2, 0.25) is 0 Å². The van der Waals surface area contributed by atoms with Crippen LogP contribution in [0.25, 0.3) is 0 Å². The first-order valence-corrected chi connectivity index (χ1v) is 13.7. The van der Waals surface area contributed by atoms with Crippen molar-refractivity contribution in [3.05, 3.63) is 75.4 Å². The molecule has 0 spiro atoms. The summed E-state index contributed by atoms with van der Waals surface area (Å²) in [5, 5.41) is 9.16.